The summed E-state index contributed by atoms with van der Waals surface area (Å²) in [5.41, 5.74) is 3.78. The molecular weight excluding hydrogens is 344 g/mol. The molecule has 4 rings (SSSR count). The van der Waals surface area contributed by atoms with E-state index in [0.717, 1.165) is 26.9 Å². The Morgan fingerprint density at radius 1 is 1.33 bits per heavy atom. The highest BCUT2D eigenvalue weighted by molar-refractivity contribution is 7.17. The Labute approximate surface area is 148 Å². The Bertz CT molecular complexity index is 938. The van der Waals surface area contributed by atoms with E-state index < -0.39 is 6.10 Å². The molecule has 3 heterocycles. The number of amides is 1. The number of rotatable bonds is 3. The van der Waals surface area contributed by atoms with Crippen molar-refractivity contribution >= 4 is 39.1 Å². The minimum Gasteiger partial charge on any atom is -0.480 e. The molecule has 4 nitrogen and oxygen atoms in total. The molecule has 1 amide bonds. The van der Waals surface area contributed by atoms with Crippen molar-refractivity contribution in [3.05, 3.63) is 46.4 Å². The Kier molecular flexibility index (Phi) is 3.90. The third kappa shape index (κ3) is 2.64. The summed E-state index contributed by atoms with van der Waals surface area (Å²) in [6, 6.07) is 7.71. The van der Waals surface area contributed by atoms with Gasteiger partial charge in [-0.1, -0.05) is 11.6 Å². The minimum absolute atomic E-state index is 0.0636. The molecule has 0 aliphatic carbocycles. The fraction of sp³-hybridized carbons (Fsp3) is 0.222. The van der Waals surface area contributed by atoms with Crippen molar-refractivity contribution in [1.82, 2.24) is 10.3 Å². The zero-order valence-electron chi connectivity index (χ0n) is 13.0. The third-order valence-corrected chi connectivity index (χ3v) is 5.29. The molecule has 6 heteroatoms. The molecule has 0 saturated carbocycles. The molecule has 0 bridgehead atoms. The lowest BCUT2D eigenvalue weighted by molar-refractivity contribution is -0.124. The highest BCUT2D eigenvalue weighted by atomic mass is 35.5. The van der Waals surface area contributed by atoms with E-state index in [0.29, 0.717) is 23.7 Å². The van der Waals surface area contributed by atoms with Crippen molar-refractivity contribution < 1.29 is 9.53 Å². The first-order chi connectivity index (χ1) is 11.6. The number of nitrogens with one attached hydrogen (secondary N) is 1. The molecule has 1 fully saturated rings. The summed E-state index contributed by atoms with van der Waals surface area (Å²) in [6.45, 7) is 2.60. The van der Waals surface area contributed by atoms with Crippen LogP contribution >= 0.6 is 22.9 Å². The number of carbonyl (C=O) groups excluding carboxylic acids is 1. The molecule has 1 saturated heterocycles. The van der Waals surface area contributed by atoms with Crippen LogP contribution < -0.4 is 10.1 Å². The average molecular weight is 359 g/mol. The Morgan fingerprint density at radius 3 is 3.00 bits per heavy atom. The molecule has 1 atom stereocenters. The monoisotopic (exact) mass is 358 g/mol. The van der Waals surface area contributed by atoms with Crippen LogP contribution in [-0.4, -0.2) is 23.5 Å². The normalized spacial score (nSPS) is 17.2. The molecule has 0 spiro atoms. The summed E-state index contributed by atoms with van der Waals surface area (Å²) in [7, 11) is 0. The van der Waals surface area contributed by atoms with E-state index in [1.807, 2.05) is 36.6 Å². The van der Waals surface area contributed by atoms with Gasteiger partial charge in [0.2, 0.25) is 0 Å². The van der Waals surface area contributed by atoms with Crippen LogP contribution in [-0.2, 0) is 4.79 Å². The first-order valence-corrected chi connectivity index (χ1v) is 8.96. The van der Waals surface area contributed by atoms with E-state index >= 15 is 0 Å². The largest absolute Gasteiger partial charge is 0.480 e. The Hall–Kier alpha value is -2.11. The molecule has 3 aromatic rings. The summed E-state index contributed by atoms with van der Waals surface area (Å²) < 4.78 is 7.18. The molecule has 1 aliphatic rings. The smallest absolute Gasteiger partial charge is 0.261 e. The zero-order valence-corrected chi connectivity index (χ0v) is 14.6. The van der Waals surface area contributed by atoms with E-state index in [-0.39, 0.29) is 5.91 Å². The molecule has 1 unspecified atom stereocenters. The molecule has 24 heavy (non-hydrogen) atoms. The van der Waals surface area contributed by atoms with Gasteiger partial charge in [0.1, 0.15) is 5.75 Å². The number of hydrogen-bond donors (Lipinski definition) is 1. The summed E-state index contributed by atoms with van der Waals surface area (Å²) in [5, 5.41) is 5.47. The Balaban J connectivity index is 1.88. The van der Waals surface area contributed by atoms with Gasteiger partial charge < -0.3 is 10.1 Å². The van der Waals surface area contributed by atoms with Crippen LogP contribution in [0.2, 0.25) is 5.02 Å². The number of carbonyl (C=O) groups is 1. The lowest BCUT2D eigenvalue weighted by Gasteiger charge is -2.18. The van der Waals surface area contributed by atoms with Gasteiger partial charge in [0.25, 0.3) is 5.91 Å². The fourth-order valence-corrected chi connectivity index (χ4v) is 4.15. The number of ether oxygens (including phenoxy) is 1. The number of thiophene rings is 1. The second kappa shape index (κ2) is 6.07. The molecule has 122 valence electrons. The summed E-state index contributed by atoms with van der Waals surface area (Å²) in [6.07, 6.45) is 2.00. The van der Waals surface area contributed by atoms with Crippen LogP contribution in [0.15, 0.2) is 35.8 Å². The maximum Gasteiger partial charge on any atom is 0.261 e. The number of pyridine rings is 1. The number of aromatic nitrogens is 1. The van der Waals surface area contributed by atoms with Crippen LogP contribution in [0.25, 0.3) is 21.3 Å². The molecule has 0 radical (unpaired) electrons. The SMILES string of the molecule is Cc1cc(Cl)cc(-c2ccnc3ccsc23)c1OC1CCNC1=O. The number of nitrogens with zero attached hydrogens (tertiary/aromatic N) is 1. The van der Waals surface area contributed by atoms with Crippen molar-refractivity contribution in [2.45, 2.75) is 19.4 Å². The number of hydrogen-bond acceptors (Lipinski definition) is 4. The van der Waals surface area contributed by atoms with Crippen LogP contribution in [0, 0.1) is 6.92 Å². The van der Waals surface area contributed by atoms with Gasteiger partial charge in [-0.25, -0.2) is 0 Å². The summed E-state index contributed by atoms with van der Waals surface area (Å²) in [4.78, 5) is 16.3. The number of fused-ring (bicyclic) bond motifs is 1. The van der Waals surface area contributed by atoms with Gasteiger partial charge >= 0.3 is 0 Å². The fourth-order valence-electron chi connectivity index (χ4n) is 3.00. The number of halogens is 1. The molecule has 1 N–H and O–H groups in total. The predicted octanol–water partition coefficient (Wildman–Crippen LogP) is 4.19. The van der Waals surface area contributed by atoms with Crippen molar-refractivity contribution in [3.63, 3.8) is 0 Å². The van der Waals surface area contributed by atoms with Gasteiger partial charge in [0.05, 0.1) is 10.2 Å². The highest BCUT2D eigenvalue weighted by Gasteiger charge is 2.28. The molecule has 1 aromatic carbocycles. The van der Waals surface area contributed by atoms with Crippen molar-refractivity contribution in [2.75, 3.05) is 6.54 Å². The summed E-state index contributed by atoms with van der Waals surface area (Å²) >= 11 is 7.93. The van der Waals surface area contributed by atoms with E-state index in [9.17, 15) is 4.79 Å². The lowest BCUT2D eigenvalue weighted by atomic mass is 10.0. The topological polar surface area (TPSA) is 51.2 Å². The minimum atomic E-state index is -0.454. The number of aryl methyl sites for hydroxylation is 1. The van der Waals surface area contributed by atoms with E-state index in [1.54, 1.807) is 17.5 Å². The predicted molar refractivity (Wildman–Crippen MR) is 96.8 cm³/mol. The first-order valence-electron chi connectivity index (χ1n) is 7.70. The maximum absolute atomic E-state index is 11.9. The Morgan fingerprint density at radius 2 is 2.21 bits per heavy atom. The zero-order chi connectivity index (χ0) is 16.7. The second-order valence-corrected chi connectivity index (χ2v) is 7.13. The van der Waals surface area contributed by atoms with Gasteiger partial charge in [-0.2, -0.15) is 0 Å². The quantitative estimate of drug-likeness (QED) is 0.763. The van der Waals surface area contributed by atoms with Gasteiger partial charge in [-0.05, 0) is 42.1 Å². The van der Waals surface area contributed by atoms with E-state index in [4.69, 9.17) is 16.3 Å². The van der Waals surface area contributed by atoms with Gasteiger partial charge in [-0.15, -0.1) is 11.3 Å². The highest BCUT2D eigenvalue weighted by Crippen LogP contribution is 2.41. The van der Waals surface area contributed by atoms with Crippen LogP contribution in [0.5, 0.6) is 5.75 Å². The number of benzene rings is 1. The molecular formula is C18H15ClN2O2S. The molecule has 2 aromatic heterocycles. The lowest BCUT2D eigenvalue weighted by Crippen LogP contribution is -2.28. The average Bonchev–Trinajstić information content (AvgIpc) is 3.18. The maximum atomic E-state index is 11.9. The van der Waals surface area contributed by atoms with Gasteiger partial charge in [-0.3, -0.25) is 9.78 Å². The summed E-state index contributed by atoms with van der Waals surface area (Å²) in [5.74, 6) is 0.647. The van der Waals surface area contributed by atoms with Crippen LogP contribution in [0.4, 0.5) is 0 Å². The first kappa shape index (κ1) is 15.4. The van der Waals surface area contributed by atoms with Gasteiger partial charge in [0.15, 0.2) is 6.10 Å². The second-order valence-electron chi connectivity index (χ2n) is 5.78. The standard InChI is InChI=1S/C18H15ClN2O2S/c1-10-8-11(19)9-13(16(10)23-15-3-6-21-18(15)22)12-2-5-20-14-4-7-24-17(12)14/h2,4-5,7-9,15H,3,6H2,1H3,(H,21,22). The van der Waals surface area contributed by atoms with Crippen molar-refractivity contribution in [1.29, 1.82) is 0 Å². The van der Waals surface area contributed by atoms with Crippen molar-refractivity contribution in [2.24, 2.45) is 0 Å². The molecule has 1 aliphatic heterocycles. The van der Waals surface area contributed by atoms with Crippen LogP contribution in [0.1, 0.15) is 12.0 Å². The van der Waals surface area contributed by atoms with Crippen LogP contribution in [0.3, 0.4) is 0 Å². The van der Waals surface area contributed by atoms with E-state index in [2.05, 4.69) is 10.3 Å². The van der Waals surface area contributed by atoms with Crippen molar-refractivity contribution in [3.8, 4) is 16.9 Å². The third-order valence-electron chi connectivity index (χ3n) is 4.13. The van der Waals surface area contributed by atoms with E-state index in [1.165, 1.54) is 0 Å². The van der Waals surface area contributed by atoms with Gasteiger partial charge in [0, 0.05) is 35.3 Å².